The summed E-state index contributed by atoms with van der Waals surface area (Å²) in [6.07, 6.45) is 3.55. The molecule has 1 aliphatic rings. The first-order valence-corrected chi connectivity index (χ1v) is 1.84. The summed E-state index contributed by atoms with van der Waals surface area (Å²) in [4.78, 5) is 0. The average molecular weight is 86.1 g/mol. The molecule has 1 N–H and O–H groups in total. The molecule has 0 aromatic carbocycles. The van der Waals surface area contributed by atoms with Gasteiger partial charge in [-0.15, -0.1) is 0 Å². The van der Waals surface area contributed by atoms with Crippen LogP contribution in [0.2, 0.25) is 0 Å². The molecule has 2 heteroatoms. The summed E-state index contributed by atoms with van der Waals surface area (Å²) >= 11 is 0. The SMILES string of the molecule is [2H]C1NC=CCO1. The van der Waals surface area contributed by atoms with Gasteiger partial charge in [0.15, 0.2) is 0 Å². The van der Waals surface area contributed by atoms with Crippen molar-refractivity contribution in [1.82, 2.24) is 5.32 Å². The van der Waals surface area contributed by atoms with Crippen LogP contribution in [0.25, 0.3) is 0 Å². The van der Waals surface area contributed by atoms with Gasteiger partial charge >= 0.3 is 0 Å². The maximum atomic E-state index is 6.89. The molecule has 1 aliphatic heterocycles. The zero-order chi connectivity index (χ0) is 5.11. The molecule has 0 saturated carbocycles. The first-order chi connectivity index (χ1) is 3.39. The normalized spacial score (nSPS) is 34.7. The first kappa shape index (κ1) is 2.64. The second kappa shape index (κ2) is 1.82. The summed E-state index contributed by atoms with van der Waals surface area (Å²) < 4.78 is 11.6. The molecule has 0 aromatic heterocycles. The van der Waals surface area contributed by atoms with E-state index in [2.05, 4.69) is 5.32 Å². The third kappa shape index (κ3) is 0.723. The molecule has 0 bridgehead atoms. The third-order valence-electron chi connectivity index (χ3n) is 0.558. The molecule has 6 heavy (non-hydrogen) atoms. The second-order valence-electron chi connectivity index (χ2n) is 1.02. The topological polar surface area (TPSA) is 21.3 Å². The van der Waals surface area contributed by atoms with E-state index in [-0.39, 0.29) is 0 Å². The summed E-state index contributed by atoms with van der Waals surface area (Å²) in [5.41, 5.74) is 0. The van der Waals surface area contributed by atoms with E-state index < -0.39 is 6.71 Å². The first-order valence-electron chi connectivity index (χ1n) is 2.42. The molecular weight excluding hydrogens is 78.0 g/mol. The highest BCUT2D eigenvalue weighted by Gasteiger charge is 1.83. The molecule has 0 fully saturated rings. The van der Waals surface area contributed by atoms with E-state index in [4.69, 9.17) is 6.11 Å². The van der Waals surface area contributed by atoms with E-state index in [1.807, 2.05) is 6.08 Å². The minimum atomic E-state index is -0.551. The Morgan fingerprint density at radius 3 is 3.33 bits per heavy atom. The van der Waals surface area contributed by atoms with E-state index >= 15 is 0 Å². The number of nitrogens with one attached hydrogen (secondary N) is 1. The van der Waals surface area contributed by atoms with Crippen molar-refractivity contribution in [3.8, 4) is 0 Å². The van der Waals surface area contributed by atoms with E-state index in [9.17, 15) is 0 Å². The van der Waals surface area contributed by atoms with Crippen LogP contribution in [0, 0.1) is 0 Å². The lowest BCUT2D eigenvalue weighted by molar-refractivity contribution is 0.142. The van der Waals surface area contributed by atoms with E-state index in [0.717, 1.165) is 0 Å². The molecule has 34 valence electrons. The lowest BCUT2D eigenvalue weighted by atomic mass is 10.6. The predicted molar refractivity (Wildman–Crippen MR) is 23.1 cm³/mol. The zero-order valence-electron chi connectivity index (χ0n) is 4.35. The monoisotopic (exact) mass is 86.1 g/mol. The maximum Gasteiger partial charge on any atom is 0.116 e. The fourth-order valence-electron chi connectivity index (χ4n) is 0.307. The predicted octanol–water partition coefficient (Wildman–Crippen LogP) is 0.0774. The number of ether oxygens (including phenoxy) is 1. The Labute approximate surface area is 38.2 Å². The Bertz CT molecular complexity index is 83.8. The van der Waals surface area contributed by atoms with Gasteiger partial charge in [-0.2, -0.15) is 0 Å². The van der Waals surface area contributed by atoms with Crippen molar-refractivity contribution < 1.29 is 6.11 Å². The number of hydrogen-bond acceptors (Lipinski definition) is 2. The Morgan fingerprint density at radius 1 is 2.00 bits per heavy atom. The van der Waals surface area contributed by atoms with Gasteiger partial charge in [-0.05, 0) is 12.3 Å². The quantitative estimate of drug-likeness (QED) is 0.450. The summed E-state index contributed by atoms with van der Waals surface area (Å²) in [5.74, 6) is 0. The largest absolute Gasteiger partial charge is 0.369 e. The Kier molecular flexibility index (Phi) is 0.801. The highest BCUT2D eigenvalue weighted by Crippen LogP contribution is 1.78. The van der Waals surface area contributed by atoms with Crippen LogP contribution < -0.4 is 5.32 Å². The minimum absolute atomic E-state index is 0.551. The van der Waals surface area contributed by atoms with Gasteiger partial charge in [-0.25, -0.2) is 0 Å². The maximum absolute atomic E-state index is 6.89. The van der Waals surface area contributed by atoms with Crippen molar-refractivity contribution in [2.75, 3.05) is 13.3 Å². The summed E-state index contributed by atoms with van der Waals surface area (Å²) in [6.45, 7) is 0.00579. The van der Waals surface area contributed by atoms with Gasteiger partial charge in [-0.1, -0.05) is 0 Å². The van der Waals surface area contributed by atoms with Crippen molar-refractivity contribution in [3.05, 3.63) is 12.3 Å². The van der Waals surface area contributed by atoms with Crippen LogP contribution in [0.15, 0.2) is 12.3 Å². The molecule has 2 nitrogen and oxygen atoms in total. The lowest BCUT2D eigenvalue weighted by Crippen LogP contribution is -2.15. The van der Waals surface area contributed by atoms with Gasteiger partial charge in [0.1, 0.15) is 6.71 Å². The van der Waals surface area contributed by atoms with E-state index in [1.165, 1.54) is 0 Å². The Balaban J connectivity index is 2.32. The molecule has 0 aromatic rings. The van der Waals surface area contributed by atoms with Gasteiger partial charge < -0.3 is 10.1 Å². The van der Waals surface area contributed by atoms with Gasteiger partial charge in [0.2, 0.25) is 0 Å². The van der Waals surface area contributed by atoms with Gasteiger partial charge in [0, 0.05) is 0 Å². The molecule has 0 aliphatic carbocycles. The molecule has 1 heterocycles. The highest BCUT2D eigenvalue weighted by molar-refractivity contribution is 4.80. The second-order valence-corrected chi connectivity index (χ2v) is 1.02. The zero-order valence-corrected chi connectivity index (χ0v) is 3.35. The fourth-order valence-corrected chi connectivity index (χ4v) is 0.307. The summed E-state index contributed by atoms with van der Waals surface area (Å²) in [6, 6.07) is 0. The average Bonchev–Trinajstić information content (AvgIpc) is 1.69. The molecule has 1 unspecified atom stereocenters. The minimum Gasteiger partial charge on any atom is -0.369 e. The molecule has 0 radical (unpaired) electrons. The molecule has 0 saturated heterocycles. The number of hydrogen-bond donors (Lipinski definition) is 1. The van der Waals surface area contributed by atoms with E-state index in [0.29, 0.717) is 6.61 Å². The highest BCUT2D eigenvalue weighted by atomic mass is 16.5. The van der Waals surface area contributed by atoms with Crippen molar-refractivity contribution in [1.29, 1.82) is 0 Å². The van der Waals surface area contributed by atoms with Crippen LogP contribution in [0.4, 0.5) is 0 Å². The van der Waals surface area contributed by atoms with Crippen LogP contribution >= 0.6 is 0 Å². The van der Waals surface area contributed by atoms with Crippen LogP contribution in [0.5, 0.6) is 0 Å². The van der Waals surface area contributed by atoms with Gasteiger partial charge in [-0.3, -0.25) is 0 Å². The molecular formula is C4H7NO. The molecule has 1 rings (SSSR count). The summed E-state index contributed by atoms with van der Waals surface area (Å²) in [5, 5.41) is 2.65. The molecule has 1 atom stereocenters. The van der Waals surface area contributed by atoms with Crippen molar-refractivity contribution in [2.24, 2.45) is 0 Å². The molecule has 0 amide bonds. The van der Waals surface area contributed by atoms with Crippen LogP contribution in [-0.2, 0) is 4.74 Å². The standard InChI is InChI=1S/C4H7NO/c1-2-5-4-6-3-1/h1-2,5H,3-4H2/i4D. The summed E-state index contributed by atoms with van der Waals surface area (Å²) in [7, 11) is 0. The Hall–Kier alpha value is -0.500. The third-order valence-corrected chi connectivity index (χ3v) is 0.558. The molecule has 0 spiro atoms. The lowest BCUT2D eigenvalue weighted by Gasteiger charge is -2.04. The number of rotatable bonds is 0. The van der Waals surface area contributed by atoms with Crippen LogP contribution in [0.1, 0.15) is 1.37 Å². The fraction of sp³-hybridized carbons (Fsp3) is 0.500. The van der Waals surface area contributed by atoms with Crippen molar-refractivity contribution >= 4 is 0 Å². The van der Waals surface area contributed by atoms with Crippen LogP contribution in [-0.4, -0.2) is 13.3 Å². The Morgan fingerprint density at radius 2 is 3.00 bits per heavy atom. The van der Waals surface area contributed by atoms with Crippen molar-refractivity contribution in [2.45, 2.75) is 0 Å². The van der Waals surface area contributed by atoms with Gasteiger partial charge in [0.05, 0.1) is 7.98 Å². The van der Waals surface area contributed by atoms with Crippen molar-refractivity contribution in [3.63, 3.8) is 0 Å². The van der Waals surface area contributed by atoms with E-state index in [1.54, 1.807) is 6.20 Å². The smallest absolute Gasteiger partial charge is 0.116 e. The van der Waals surface area contributed by atoms with Crippen LogP contribution in [0.3, 0.4) is 0 Å². The van der Waals surface area contributed by atoms with Gasteiger partial charge in [0.25, 0.3) is 0 Å².